The van der Waals surface area contributed by atoms with Crippen molar-refractivity contribution in [2.24, 2.45) is 5.92 Å². The number of rotatable bonds is 6. The molecule has 2 aliphatic heterocycles. The maximum Gasteiger partial charge on any atom is 0.263 e. The average Bonchev–Trinajstić information content (AvgIpc) is 3.26. The van der Waals surface area contributed by atoms with Crippen LogP contribution < -0.4 is 10.2 Å². The first-order chi connectivity index (χ1) is 16.6. The van der Waals surface area contributed by atoms with E-state index >= 15 is 0 Å². The maximum atomic E-state index is 13.1. The summed E-state index contributed by atoms with van der Waals surface area (Å²) in [6.07, 6.45) is 3.29. The zero-order chi connectivity index (χ0) is 23.5. The van der Waals surface area contributed by atoms with Gasteiger partial charge in [0.25, 0.3) is 5.71 Å². The van der Waals surface area contributed by atoms with E-state index in [4.69, 9.17) is 4.52 Å². The van der Waals surface area contributed by atoms with Crippen molar-refractivity contribution < 1.29 is 9.32 Å². The summed E-state index contributed by atoms with van der Waals surface area (Å²) in [5, 5.41) is 7.97. The maximum absolute atomic E-state index is 13.1. The molecule has 0 spiro atoms. The van der Waals surface area contributed by atoms with Gasteiger partial charge in [0.1, 0.15) is 17.5 Å². The summed E-state index contributed by atoms with van der Waals surface area (Å²) >= 11 is 0. The lowest BCUT2D eigenvalue weighted by Gasteiger charge is -2.34. The third kappa shape index (κ3) is 4.90. The number of anilines is 2. The summed E-state index contributed by atoms with van der Waals surface area (Å²) in [5.74, 6) is 0.749. The molecule has 3 aromatic rings. The molecule has 1 aromatic carbocycles. The molecular weight excluding hydrogens is 430 g/mol. The topological polar surface area (TPSA) is 90.6 Å². The number of aryl methyl sites for hydroxylation is 1. The second-order valence-corrected chi connectivity index (χ2v) is 9.33. The smallest absolute Gasteiger partial charge is 0.263 e. The number of likely N-dealkylation sites (N-methyl/N-ethyl adjacent to an activating group) is 1. The Kier molecular flexibility index (Phi) is 6.73. The van der Waals surface area contributed by atoms with Crippen LogP contribution in [0.1, 0.15) is 31.0 Å². The lowest BCUT2D eigenvalue weighted by Crippen LogP contribution is -2.45. The molecule has 9 nitrogen and oxygen atoms in total. The number of nitrogens with zero attached hydrogens (tertiary/aromatic N) is 6. The summed E-state index contributed by atoms with van der Waals surface area (Å²) in [5.41, 5.74) is 3.38. The van der Waals surface area contributed by atoms with Gasteiger partial charge in [-0.25, -0.2) is 4.98 Å². The van der Waals surface area contributed by atoms with Gasteiger partial charge in [0.15, 0.2) is 0 Å². The van der Waals surface area contributed by atoms with Gasteiger partial charge < -0.3 is 19.6 Å². The van der Waals surface area contributed by atoms with Gasteiger partial charge in [-0.05, 0) is 44.0 Å². The molecule has 1 atom stereocenters. The van der Waals surface area contributed by atoms with Crippen LogP contribution >= 0.6 is 0 Å². The highest BCUT2D eigenvalue weighted by atomic mass is 16.5. The predicted octanol–water partition coefficient (Wildman–Crippen LogP) is 2.92. The van der Waals surface area contributed by atoms with E-state index in [9.17, 15) is 4.79 Å². The highest BCUT2D eigenvalue weighted by Gasteiger charge is 2.28. The Morgan fingerprint density at radius 3 is 2.62 bits per heavy atom. The first-order valence-electron chi connectivity index (χ1n) is 12.3. The molecule has 0 radical (unpaired) electrons. The van der Waals surface area contributed by atoms with Crippen LogP contribution in [0.4, 0.5) is 11.5 Å². The number of carbonyl (C=O) groups is 1. The van der Waals surface area contributed by atoms with Gasteiger partial charge in [0.2, 0.25) is 5.91 Å². The zero-order valence-corrected chi connectivity index (χ0v) is 20.0. The lowest BCUT2D eigenvalue weighted by atomic mass is 9.96. The predicted molar refractivity (Wildman–Crippen MR) is 132 cm³/mol. The van der Waals surface area contributed by atoms with Gasteiger partial charge in [0.05, 0.1) is 11.6 Å². The number of carbonyl (C=O) groups excluding carboxylic acids is 1. The SMILES string of the molecule is CCN1CCN(Cc2ccc(NC(=O)[C@@H]3CCCN(c4ncnc5onc(C)c45)C3)cc2)CC1. The minimum absolute atomic E-state index is 0.0560. The Labute approximate surface area is 200 Å². The number of benzene rings is 1. The molecule has 2 saturated heterocycles. The standard InChI is InChI=1S/C25H33N7O2/c1-3-30-11-13-31(14-12-30)15-19-6-8-21(9-7-19)28-24(33)20-5-4-10-32(16-20)23-22-18(2)29-34-25(22)27-17-26-23/h6-9,17,20H,3-5,10-16H2,1-2H3,(H,28,33)/t20-/m1/s1. The fourth-order valence-corrected chi connectivity index (χ4v) is 4.99. The average molecular weight is 464 g/mol. The van der Waals surface area contributed by atoms with Crippen molar-refractivity contribution in [2.45, 2.75) is 33.2 Å². The summed E-state index contributed by atoms with van der Waals surface area (Å²) in [6, 6.07) is 8.29. The summed E-state index contributed by atoms with van der Waals surface area (Å²) in [6.45, 7) is 12.2. The third-order valence-corrected chi connectivity index (χ3v) is 7.05. The number of piperidine rings is 1. The van der Waals surface area contributed by atoms with Crippen LogP contribution in [0.3, 0.4) is 0 Å². The van der Waals surface area contributed by atoms with Crippen LogP contribution in [0.15, 0.2) is 35.1 Å². The van der Waals surface area contributed by atoms with Crippen molar-refractivity contribution in [3.8, 4) is 0 Å². The van der Waals surface area contributed by atoms with Crippen molar-refractivity contribution >= 4 is 28.5 Å². The number of piperazine rings is 1. The fourth-order valence-electron chi connectivity index (χ4n) is 4.99. The van der Waals surface area contributed by atoms with Crippen molar-refractivity contribution in [3.63, 3.8) is 0 Å². The molecular formula is C25H33N7O2. The van der Waals surface area contributed by atoms with Crippen LogP contribution in [0.5, 0.6) is 0 Å². The Balaban J connectivity index is 1.18. The van der Waals surface area contributed by atoms with Gasteiger partial charge >= 0.3 is 0 Å². The molecule has 1 amide bonds. The molecule has 9 heteroatoms. The molecule has 5 rings (SSSR count). The van der Waals surface area contributed by atoms with Gasteiger partial charge in [-0.15, -0.1) is 0 Å². The zero-order valence-electron chi connectivity index (χ0n) is 20.0. The molecule has 4 heterocycles. The minimum atomic E-state index is -0.103. The quantitative estimate of drug-likeness (QED) is 0.597. The second kappa shape index (κ2) is 10.1. The molecule has 2 aromatic heterocycles. The summed E-state index contributed by atoms with van der Waals surface area (Å²) in [7, 11) is 0. The monoisotopic (exact) mass is 463 g/mol. The van der Waals surface area contributed by atoms with Crippen molar-refractivity contribution in [1.82, 2.24) is 24.9 Å². The van der Waals surface area contributed by atoms with E-state index < -0.39 is 0 Å². The van der Waals surface area contributed by atoms with E-state index in [2.05, 4.69) is 54.2 Å². The largest absolute Gasteiger partial charge is 0.355 e. The van der Waals surface area contributed by atoms with Crippen LogP contribution in [-0.2, 0) is 11.3 Å². The Morgan fingerprint density at radius 2 is 1.85 bits per heavy atom. The molecule has 2 aliphatic rings. The first-order valence-corrected chi connectivity index (χ1v) is 12.3. The number of aromatic nitrogens is 3. The fraction of sp³-hybridized carbons (Fsp3) is 0.520. The number of nitrogens with one attached hydrogen (secondary N) is 1. The van der Waals surface area contributed by atoms with E-state index in [1.165, 1.54) is 11.9 Å². The van der Waals surface area contributed by atoms with Crippen LogP contribution in [0.25, 0.3) is 11.1 Å². The third-order valence-electron chi connectivity index (χ3n) is 7.05. The molecule has 34 heavy (non-hydrogen) atoms. The van der Waals surface area contributed by atoms with Crippen LogP contribution in [-0.4, -0.2) is 76.6 Å². The molecule has 0 bridgehead atoms. The Morgan fingerprint density at radius 1 is 1.09 bits per heavy atom. The molecule has 0 unspecified atom stereocenters. The van der Waals surface area contributed by atoms with Gasteiger partial charge in [-0.2, -0.15) is 4.98 Å². The van der Waals surface area contributed by atoms with Crippen LogP contribution in [0.2, 0.25) is 0 Å². The van der Waals surface area contributed by atoms with Crippen molar-refractivity contribution in [2.75, 3.05) is 56.0 Å². The van der Waals surface area contributed by atoms with E-state index in [1.54, 1.807) is 0 Å². The second-order valence-electron chi connectivity index (χ2n) is 9.33. The Bertz CT molecular complexity index is 1120. The van der Waals surface area contributed by atoms with E-state index in [1.807, 2.05) is 19.1 Å². The highest BCUT2D eigenvalue weighted by molar-refractivity contribution is 5.93. The van der Waals surface area contributed by atoms with E-state index in [0.717, 1.165) is 81.2 Å². The normalized spacial score (nSPS) is 20.1. The minimum Gasteiger partial charge on any atom is -0.355 e. The molecule has 1 N–H and O–H groups in total. The molecule has 0 saturated carbocycles. The van der Waals surface area contributed by atoms with Crippen LogP contribution in [0, 0.1) is 12.8 Å². The molecule has 2 fully saturated rings. The number of hydrogen-bond acceptors (Lipinski definition) is 8. The van der Waals surface area contributed by atoms with Gasteiger partial charge in [0, 0.05) is 51.5 Å². The Hall–Kier alpha value is -3.04. The number of amides is 1. The van der Waals surface area contributed by atoms with E-state index in [-0.39, 0.29) is 11.8 Å². The molecule has 180 valence electrons. The van der Waals surface area contributed by atoms with E-state index in [0.29, 0.717) is 12.3 Å². The lowest BCUT2D eigenvalue weighted by molar-refractivity contribution is -0.120. The first kappa shape index (κ1) is 22.7. The van der Waals surface area contributed by atoms with Crippen molar-refractivity contribution in [3.05, 3.63) is 41.9 Å². The molecule has 0 aliphatic carbocycles. The van der Waals surface area contributed by atoms with Gasteiger partial charge in [-0.1, -0.05) is 24.2 Å². The van der Waals surface area contributed by atoms with Gasteiger partial charge in [-0.3, -0.25) is 9.69 Å². The summed E-state index contributed by atoms with van der Waals surface area (Å²) < 4.78 is 5.29. The van der Waals surface area contributed by atoms with Crippen molar-refractivity contribution in [1.29, 1.82) is 0 Å². The number of fused-ring (bicyclic) bond motifs is 1. The number of hydrogen-bond donors (Lipinski definition) is 1. The highest BCUT2D eigenvalue weighted by Crippen LogP contribution is 2.30. The summed E-state index contributed by atoms with van der Waals surface area (Å²) in [4.78, 5) is 28.9.